The van der Waals surface area contributed by atoms with Crippen molar-refractivity contribution in [1.82, 2.24) is 5.32 Å². The molecule has 46 valence electrons. The highest BCUT2D eigenvalue weighted by molar-refractivity contribution is 4.91. The Bertz CT molecular complexity index is 104. The van der Waals surface area contributed by atoms with Crippen LogP contribution in [0.3, 0.4) is 0 Å². The molecular formula is C5H11N3. The van der Waals surface area contributed by atoms with Crippen molar-refractivity contribution < 1.29 is 0 Å². The van der Waals surface area contributed by atoms with E-state index < -0.39 is 0 Å². The van der Waals surface area contributed by atoms with E-state index in [1.807, 2.05) is 14.0 Å². The molecule has 3 nitrogen and oxygen atoms in total. The van der Waals surface area contributed by atoms with Crippen molar-refractivity contribution in [2.45, 2.75) is 6.92 Å². The first kappa shape index (κ1) is 7.14. The van der Waals surface area contributed by atoms with E-state index in [1.54, 1.807) is 13.2 Å². The third-order valence-corrected chi connectivity index (χ3v) is 0.761. The zero-order chi connectivity index (χ0) is 6.41. The molecule has 0 fully saturated rings. The number of allylic oxidation sites excluding steroid dienone is 1. The molecule has 0 aliphatic rings. The molecule has 0 spiro atoms. The molecule has 0 aromatic carbocycles. The van der Waals surface area contributed by atoms with Gasteiger partial charge in [-0.05, 0) is 6.92 Å². The van der Waals surface area contributed by atoms with Crippen molar-refractivity contribution in [3.8, 4) is 0 Å². The summed E-state index contributed by atoms with van der Waals surface area (Å²) in [7, 11) is 3.48. The van der Waals surface area contributed by atoms with Crippen molar-refractivity contribution in [3.05, 3.63) is 11.9 Å². The first-order valence-electron chi connectivity index (χ1n) is 2.44. The standard InChI is InChI=1S/C5H11N3/c1-5(6-2)4-8-7-3/h4,6H,1-3H3/b5-4-,8-7-. The first-order chi connectivity index (χ1) is 3.81. The van der Waals surface area contributed by atoms with E-state index >= 15 is 0 Å². The number of hydrogen-bond acceptors (Lipinski definition) is 3. The molecule has 0 unspecified atom stereocenters. The van der Waals surface area contributed by atoms with E-state index in [0.717, 1.165) is 5.70 Å². The molecule has 0 saturated carbocycles. The molecule has 0 aliphatic heterocycles. The molecule has 0 atom stereocenters. The normalized spacial score (nSPS) is 12.6. The lowest BCUT2D eigenvalue weighted by molar-refractivity contribution is 0.968. The maximum absolute atomic E-state index is 3.64. The van der Waals surface area contributed by atoms with Crippen LogP contribution in [0.2, 0.25) is 0 Å². The summed E-state index contributed by atoms with van der Waals surface area (Å²) < 4.78 is 0. The smallest absolute Gasteiger partial charge is 0.0677 e. The monoisotopic (exact) mass is 113 g/mol. The van der Waals surface area contributed by atoms with Crippen LogP contribution in [0, 0.1) is 0 Å². The summed E-state index contributed by atoms with van der Waals surface area (Å²) in [6.07, 6.45) is 1.67. The maximum Gasteiger partial charge on any atom is 0.0677 e. The molecule has 0 aliphatic carbocycles. The fraction of sp³-hybridized carbons (Fsp3) is 0.600. The van der Waals surface area contributed by atoms with E-state index in [9.17, 15) is 0 Å². The van der Waals surface area contributed by atoms with Gasteiger partial charge in [-0.2, -0.15) is 10.2 Å². The Morgan fingerprint density at radius 2 is 2.25 bits per heavy atom. The highest BCUT2D eigenvalue weighted by atomic mass is 15.1. The van der Waals surface area contributed by atoms with Gasteiger partial charge < -0.3 is 5.32 Å². The van der Waals surface area contributed by atoms with Gasteiger partial charge in [0.25, 0.3) is 0 Å². The molecule has 0 radical (unpaired) electrons. The van der Waals surface area contributed by atoms with Gasteiger partial charge in [-0.15, -0.1) is 0 Å². The van der Waals surface area contributed by atoms with Gasteiger partial charge in [-0.3, -0.25) is 0 Å². The minimum absolute atomic E-state index is 1.01. The van der Waals surface area contributed by atoms with Crippen LogP contribution in [0.1, 0.15) is 6.92 Å². The largest absolute Gasteiger partial charge is 0.390 e. The van der Waals surface area contributed by atoms with Crippen molar-refractivity contribution in [3.63, 3.8) is 0 Å². The maximum atomic E-state index is 3.64. The molecule has 0 amide bonds. The Morgan fingerprint density at radius 1 is 1.62 bits per heavy atom. The Morgan fingerprint density at radius 3 is 2.62 bits per heavy atom. The van der Waals surface area contributed by atoms with Gasteiger partial charge in [0.15, 0.2) is 0 Å². The second-order valence-corrected chi connectivity index (χ2v) is 1.38. The fourth-order valence-corrected chi connectivity index (χ4v) is 0.209. The summed E-state index contributed by atoms with van der Waals surface area (Å²) in [5.41, 5.74) is 1.01. The number of nitrogens with zero attached hydrogens (tertiary/aromatic N) is 2. The molecule has 0 bridgehead atoms. The third-order valence-electron chi connectivity index (χ3n) is 0.761. The van der Waals surface area contributed by atoms with E-state index in [-0.39, 0.29) is 0 Å². The quantitative estimate of drug-likeness (QED) is 0.536. The second kappa shape index (κ2) is 4.30. The van der Waals surface area contributed by atoms with Gasteiger partial charge in [0.2, 0.25) is 0 Å². The van der Waals surface area contributed by atoms with Gasteiger partial charge in [-0.1, -0.05) is 0 Å². The van der Waals surface area contributed by atoms with Crippen molar-refractivity contribution >= 4 is 0 Å². The number of nitrogens with one attached hydrogen (secondary N) is 1. The Kier molecular flexibility index (Phi) is 3.84. The average molecular weight is 113 g/mol. The Balaban J connectivity index is 3.57. The van der Waals surface area contributed by atoms with Crippen LogP contribution in [0.5, 0.6) is 0 Å². The lowest BCUT2D eigenvalue weighted by Crippen LogP contribution is -1.99. The lowest BCUT2D eigenvalue weighted by atomic mass is 10.5. The molecule has 0 saturated heterocycles. The summed E-state index contributed by atoms with van der Waals surface area (Å²) in [4.78, 5) is 0. The molecule has 3 heteroatoms. The van der Waals surface area contributed by atoms with Crippen LogP contribution in [-0.4, -0.2) is 14.1 Å². The van der Waals surface area contributed by atoms with Gasteiger partial charge in [0, 0.05) is 19.8 Å². The van der Waals surface area contributed by atoms with E-state index in [2.05, 4.69) is 15.5 Å². The van der Waals surface area contributed by atoms with Crippen LogP contribution >= 0.6 is 0 Å². The third kappa shape index (κ3) is 3.33. The molecule has 1 N–H and O–H groups in total. The minimum Gasteiger partial charge on any atom is -0.390 e. The Hall–Kier alpha value is -0.860. The van der Waals surface area contributed by atoms with Gasteiger partial charge in [0.05, 0.1) is 6.20 Å². The molecule has 0 heterocycles. The predicted octanol–water partition coefficient (Wildman–Crippen LogP) is 1.15. The van der Waals surface area contributed by atoms with Crippen LogP contribution in [0.25, 0.3) is 0 Å². The number of hydrogen-bond donors (Lipinski definition) is 1. The summed E-state index contributed by atoms with van der Waals surface area (Å²) in [5, 5.41) is 10.1. The number of azo groups is 1. The fourth-order valence-electron chi connectivity index (χ4n) is 0.209. The summed E-state index contributed by atoms with van der Waals surface area (Å²) in [5.74, 6) is 0. The van der Waals surface area contributed by atoms with Gasteiger partial charge in [0.1, 0.15) is 0 Å². The molecule has 8 heavy (non-hydrogen) atoms. The van der Waals surface area contributed by atoms with Crippen molar-refractivity contribution in [2.75, 3.05) is 14.1 Å². The van der Waals surface area contributed by atoms with Crippen molar-refractivity contribution in [1.29, 1.82) is 0 Å². The Labute approximate surface area is 49.5 Å². The van der Waals surface area contributed by atoms with E-state index in [0.29, 0.717) is 0 Å². The highest BCUT2D eigenvalue weighted by Gasteiger charge is 1.74. The SMILES string of the molecule is C/N=N\C=C(\C)NC. The van der Waals surface area contributed by atoms with E-state index in [1.165, 1.54) is 0 Å². The average Bonchev–Trinajstić information content (AvgIpc) is 1.83. The van der Waals surface area contributed by atoms with Crippen LogP contribution in [0.4, 0.5) is 0 Å². The summed E-state index contributed by atoms with van der Waals surface area (Å²) in [6, 6.07) is 0. The molecule has 0 rings (SSSR count). The molecular weight excluding hydrogens is 102 g/mol. The second-order valence-electron chi connectivity index (χ2n) is 1.38. The topological polar surface area (TPSA) is 36.8 Å². The molecule has 0 aromatic rings. The van der Waals surface area contributed by atoms with Crippen molar-refractivity contribution in [2.24, 2.45) is 10.2 Å². The minimum atomic E-state index is 1.01. The van der Waals surface area contributed by atoms with Crippen LogP contribution in [-0.2, 0) is 0 Å². The lowest BCUT2D eigenvalue weighted by Gasteiger charge is -1.91. The van der Waals surface area contributed by atoms with Crippen LogP contribution in [0.15, 0.2) is 22.1 Å². The zero-order valence-corrected chi connectivity index (χ0v) is 5.47. The van der Waals surface area contributed by atoms with Gasteiger partial charge >= 0.3 is 0 Å². The number of rotatable bonds is 2. The first-order valence-corrected chi connectivity index (χ1v) is 2.44. The van der Waals surface area contributed by atoms with Crippen LogP contribution < -0.4 is 5.32 Å². The summed E-state index contributed by atoms with van der Waals surface area (Å²) in [6.45, 7) is 1.93. The van der Waals surface area contributed by atoms with Gasteiger partial charge in [-0.25, -0.2) is 0 Å². The molecule has 0 aromatic heterocycles. The highest BCUT2D eigenvalue weighted by Crippen LogP contribution is 1.83. The predicted molar refractivity (Wildman–Crippen MR) is 33.6 cm³/mol. The zero-order valence-electron chi connectivity index (χ0n) is 5.47. The van der Waals surface area contributed by atoms with E-state index in [4.69, 9.17) is 0 Å². The summed E-state index contributed by atoms with van der Waals surface area (Å²) >= 11 is 0.